The van der Waals surface area contributed by atoms with Crippen LogP contribution in [0.4, 0.5) is 5.69 Å². The summed E-state index contributed by atoms with van der Waals surface area (Å²) < 4.78 is 0. The molecule has 142 valence electrons. The first-order chi connectivity index (χ1) is 13.2. The molecule has 5 heteroatoms. The summed E-state index contributed by atoms with van der Waals surface area (Å²) in [5.74, 6) is 0.165. The minimum absolute atomic E-state index is 0.165. The second-order valence-electron chi connectivity index (χ2n) is 7.58. The van der Waals surface area contributed by atoms with Crippen LogP contribution in [0.15, 0.2) is 48.5 Å². The molecule has 0 radical (unpaired) electrons. The number of piperazine rings is 1. The summed E-state index contributed by atoms with van der Waals surface area (Å²) in [6, 6.07) is 16.7. The van der Waals surface area contributed by atoms with Crippen LogP contribution in [0, 0.1) is 0 Å². The average molecular weight is 385 g/mol. The number of benzene rings is 2. The van der Waals surface area contributed by atoms with Crippen molar-refractivity contribution in [2.45, 2.75) is 25.3 Å². The SMILES string of the molecule is O=C(C[NH+]1CCN(c2ccccc2Cl)CC1)N[C@H]1CCCc2ccccc21. The Balaban J connectivity index is 1.30. The van der Waals surface area contributed by atoms with Gasteiger partial charge in [0.15, 0.2) is 6.54 Å². The molecule has 0 unspecified atom stereocenters. The van der Waals surface area contributed by atoms with E-state index in [-0.39, 0.29) is 11.9 Å². The largest absolute Gasteiger partial charge is 0.359 e. The molecule has 27 heavy (non-hydrogen) atoms. The van der Waals surface area contributed by atoms with Gasteiger partial charge in [-0.05, 0) is 42.5 Å². The van der Waals surface area contributed by atoms with Crippen molar-refractivity contribution in [3.8, 4) is 0 Å². The second kappa shape index (κ2) is 8.32. The Morgan fingerprint density at radius 1 is 1.11 bits per heavy atom. The molecule has 1 aliphatic carbocycles. The zero-order valence-corrected chi connectivity index (χ0v) is 16.3. The summed E-state index contributed by atoms with van der Waals surface area (Å²) in [6.07, 6.45) is 3.31. The van der Waals surface area contributed by atoms with Crippen molar-refractivity contribution in [3.05, 3.63) is 64.7 Å². The Morgan fingerprint density at radius 2 is 1.85 bits per heavy atom. The quantitative estimate of drug-likeness (QED) is 0.848. The molecule has 2 N–H and O–H groups in total. The highest BCUT2D eigenvalue weighted by atomic mass is 35.5. The smallest absolute Gasteiger partial charge is 0.275 e. The van der Waals surface area contributed by atoms with Crippen LogP contribution >= 0.6 is 11.6 Å². The number of hydrogen-bond donors (Lipinski definition) is 2. The number of fused-ring (bicyclic) bond motifs is 1. The summed E-state index contributed by atoms with van der Waals surface area (Å²) in [5, 5.41) is 4.08. The van der Waals surface area contributed by atoms with Gasteiger partial charge in [0.2, 0.25) is 0 Å². The second-order valence-corrected chi connectivity index (χ2v) is 7.98. The molecule has 1 amide bonds. The van der Waals surface area contributed by atoms with E-state index in [1.807, 2.05) is 18.2 Å². The number of nitrogens with one attached hydrogen (secondary N) is 2. The molecular weight excluding hydrogens is 358 g/mol. The molecule has 1 aliphatic heterocycles. The van der Waals surface area contributed by atoms with Crippen LogP contribution in [0.1, 0.15) is 30.0 Å². The van der Waals surface area contributed by atoms with Crippen LogP contribution < -0.4 is 15.1 Å². The van der Waals surface area contributed by atoms with Crippen LogP contribution in [0.3, 0.4) is 0 Å². The summed E-state index contributed by atoms with van der Waals surface area (Å²) in [5.41, 5.74) is 3.78. The lowest BCUT2D eigenvalue weighted by Crippen LogP contribution is -3.16. The molecule has 1 fully saturated rings. The van der Waals surface area contributed by atoms with E-state index >= 15 is 0 Å². The van der Waals surface area contributed by atoms with Gasteiger partial charge in [-0.15, -0.1) is 0 Å². The van der Waals surface area contributed by atoms with Crippen molar-refractivity contribution < 1.29 is 9.69 Å². The molecule has 1 atom stereocenters. The van der Waals surface area contributed by atoms with Crippen LogP contribution in [0.5, 0.6) is 0 Å². The number of hydrogen-bond acceptors (Lipinski definition) is 2. The molecule has 1 saturated heterocycles. The number of anilines is 1. The highest BCUT2D eigenvalue weighted by molar-refractivity contribution is 6.33. The number of aryl methyl sites for hydroxylation is 1. The van der Waals surface area contributed by atoms with Crippen LogP contribution in [-0.2, 0) is 11.2 Å². The first-order valence-electron chi connectivity index (χ1n) is 9.91. The molecule has 0 saturated carbocycles. The predicted molar refractivity (Wildman–Crippen MR) is 109 cm³/mol. The Bertz CT molecular complexity index is 802. The number of rotatable bonds is 4. The van der Waals surface area contributed by atoms with Gasteiger partial charge in [0.1, 0.15) is 0 Å². The van der Waals surface area contributed by atoms with Gasteiger partial charge in [-0.3, -0.25) is 4.79 Å². The van der Waals surface area contributed by atoms with Crippen LogP contribution in [-0.4, -0.2) is 38.6 Å². The van der Waals surface area contributed by atoms with Gasteiger partial charge in [0.05, 0.1) is 42.9 Å². The topological polar surface area (TPSA) is 36.8 Å². The summed E-state index contributed by atoms with van der Waals surface area (Å²) >= 11 is 6.32. The van der Waals surface area contributed by atoms with Crippen LogP contribution in [0.2, 0.25) is 5.02 Å². The standard InChI is InChI=1S/C22H26ClN3O/c23-19-9-3-4-11-21(19)26-14-12-25(13-15-26)16-22(27)24-20-10-5-7-17-6-1-2-8-18(17)20/h1-4,6,8-9,11,20H,5,7,10,12-16H2,(H,24,27)/p+1/t20-/m0/s1. The number of para-hydroxylation sites is 1. The van der Waals surface area contributed by atoms with Gasteiger partial charge < -0.3 is 15.1 Å². The Hall–Kier alpha value is -2.04. The number of amides is 1. The first-order valence-corrected chi connectivity index (χ1v) is 10.3. The van der Waals surface area contributed by atoms with Crippen LogP contribution in [0.25, 0.3) is 0 Å². The third-order valence-electron chi connectivity index (χ3n) is 5.78. The Kier molecular flexibility index (Phi) is 5.65. The molecule has 0 bridgehead atoms. The van der Waals surface area contributed by atoms with Gasteiger partial charge in [-0.1, -0.05) is 48.0 Å². The number of carbonyl (C=O) groups excluding carboxylic acids is 1. The normalized spacial score (nSPS) is 20.2. The maximum atomic E-state index is 12.6. The molecule has 0 aromatic heterocycles. The molecular formula is C22H27ClN3O+. The average Bonchev–Trinajstić information content (AvgIpc) is 2.69. The molecule has 4 rings (SSSR count). The number of nitrogens with zero attached hydrogens (tertiary/aromatic N) is 1. The van der Waals surface area contributed by atoms with E-state index in [0.29, 0.717) is 6.54 Å². The van der Waals surface area contributed by atoms with Crippen molar-refractivity contribution in [1.29, 1.82) is 0 Å². The lowest BCUT2D eigenvalue weighted by molar-refractivity contribution is -0.892. The molecule has 0 spiro atoms. The minimum atomic E-state index is 0.165. The van der Waals surface area contributed by atoms with Crippen molar-refractivity contribution in [2.24, 2.45) is 0 Å². The molecule has 1 heterocycles. The number of quaternary nitrogens is 1. The summed E-state index contributed by atoms with van der Waals surface area (Å²) in [7, 11) is 0. The van der Waals surface area contributed by atoms with Crippen molar-refractivity contribution >= 4 is 23.2 Å². The third kappa shape index (κ3) is 4.28. The van der Waals surface area contributed by atoms with Gasteiger partial charge in [0.25, 0.3) is 5.91 Å². The van der Waals surface area contributed by atoms with E-state index in [9.17, 15) is 4.79 Å². The zero-order valence-electron chi connectivity index (χ0n) is 15.6. The van der Waals surface area contributed by atoms with Gasteiger partial charge in [0, 0.05) is 0 Å². The van der Waals surface area contributed by atoms with Gasteiger partial charge in [-0.2, -0.15) is 0 Å². The fourth-order valence-electron chi connectivity index (χ4n) is 4.33. The fourth-order valence-corrected chi connectivity index (χ4v) is 4.58. The Morgan fingerprint density at radius 3 is 2.67 bits per heavy atom. The van der Waals surface area contributed by atoms with Crippen molar-refractivity contribution in [2.75, 3.05) is 37.6 Å². The van der Waals surface area contributed by atoms with E-state index in [1.54, 1.807) is 0 Å². The lowest BCUT2D eigenvalue weighted by atomic mass is 9.88. The third-order valence-corrected chi connectivity index (χ3v) is 6.10. The predicted octanol–water partition coefficient (Wildman–Crippen LogP) is 2.24. The van der Waals surface area contributed by atoms with Crippen molar-refractivity contribution in [1.82, 2.24) is 5.32 Å². The maximum absolute atomic E-state index is 12.6. The zero-order chi connectivity index (χ0) is 18.6. The molecule has 4 nitrogen and oxygen atoms in total. The Labute approximate surface area is 166 Å². The number of carbonyl (C=O) groups is 1. The van der Waals surface area contributed by atoms with E-state index in [2.05, 4.69) is 40.5 Å². The highest BCUT2D eigenvalue weighted by Gasteiger charge is 2.26. The van der Waals surface area contributed by atoms with E-state index in [0.717, 1.165) is 56.2 Å². The van der Waals surface area contributed by atoms with Crippen molar-refractivity contribution in [3.63, 3.8) is 0 Å². The highest BCUT2D eigenvalue weighted by Crippen LogP contribution is 2.29. The molecule has 2 aromatic carbocycles. The van der Waals surface area contributed by atoms with E-state index in [4.69, 9.17) is 11.6 Å². The minimum Gasteiger partial charge on any atom is -0.359 e. The fraction of sp³-hybridized carbons (Fsp3) is 0.409. The van der Waals surface area contributed by atoms with E-state index in [1.165, 1.54) is 16.0 Å². The lowest BCUT2D eigenvalue weighted by Gasteiger charge is -2.34. The summed E-state index contributed by atoms with van der Waals surface area (Å²) in [4.78, 5) is 16.3. The first kappa shape index (κ1) is 18.3. The number of halogens is 1. The van der Waals surface area contributed by atoms with E-state index < -0.39 is 0 Å². The molecule has 2 aromatic rings. The molecule has 2 aliphatic rings. The maximum Gasteiger partial charge on any atom is 0.275 e. The van der Waals surface area contributed by atoms with Gasteiger partial charge >= 0.3 is 0 Å². The van der Waals surface area contributed by atoms with Gasteiger partial charge in [-0.25, -0.2) is 0 Å². The monoisotopic (exact) mass is 384 g/mol. The summed E-state index contributed by atoms with van der Waals surface area (Å²) in [6.45, 7) is 4.33.